The summed E-state index contributed by atoms with van der Waals surface area (Å²) in [5.41, 5.74) is 0. The molecule has 0 radical (unpaired) electrons. The van der Waals surface area contributed by atoms with Crippen molar-refractivity contribution in [1.82, 2.24) is 9.80 Å². The lowest BCUT2D eigenvalue weighted by atomic mass is 9.94. The SMILES string of the molecule is CN(C=O)CCC1CCN(C)CC1. The third-order valence-electron chi connectivity index (χ3n) is 2.91. The maximum absolute atomic E-state index is 10.3. The van der Waals surface area contributed by atoms with Gasteiger partial charge in [-0.1, -0.05) is 0 Å². The normalized spacial score (nSPS) is 20.2. The molecule has 3 nitrogen and oxygen atoms in total. The van der Waals surface area contributed by atoms with Gasteiger partial charge in [0, 0.05) is 13.6 Å². The number of carbonyl (C=O) groups is 1. The van der Waals surface area contributed by atoms with Gasteiger partial charge in [0.15, 0.2) is 0 Å². The first-order valence-electron chi connectivity index (χ1n) is 5.06. The maximum Gasteiger partial charge on any atom is 0.209 e. The third kappa shape index (κ3) is 3.77. The Kier molecular flexibility index (Phi) is 4.22. The Morgan fingerprint density at radius 3 is 2.62 bits per heavy atom. The molecule has 0 aromatic carbocycles. The van der Waals surface area contributed by atoms with Gasteiger partial charge in [0.25, 0.3) is 0 Å². The average molecular weight is 184 g/mol. The number of piperidine rings is 1. The molecule has 1 fully saturated rings. The van der Waals surface area contributed by atoms with Gasteiger partial charge in [0.2, 0.25) is 6.41 Å². The number of carbonyl (C=O) groups excluding carboxylic acids is 1. The van der Waals surface area contributed by atoms with Crippen molar-refractivity contribution in [2.45, 2.75) is 19.3 Å². The predicted molar refractivity (Wildman–Crippen MR) is 53.5 cm³/mol. The molecule has 0 aromatic heterocycles. The van der Waals surface area contributed by atoms with Crippen molar-refractivity contribution in [3.8, 4) is 0 Å². The Morgan fingerprint density at radius 1 is 1.46 bits per heavy atom. The van der Waals surface area contributed by atoms with Gasteiger partial charge in [-0.15, -0.1) is 0 Å². The highest BCUT2D eigenvalue weighted by atomic mass is 16.1. The van der Waals surface area contributed by atoms with Gasteiger partial charge in [0.05, 0.1) is 0 Å². The van der Waals surface area contributed by atoms with E-state index in [0.29, 0.717) is 0 Å². The standard InChI is InChI=1S/C10H20N2O/c1-11-6-3-10(4-7-11)5-8-12(2)9-13/h9-10H,3-8H2,1-2H3. The van der Waals surface area contributed by atoms with Crippen LogP contribution in [0.25, 0.3) is 0 Å². The molecule has 0 aliphatic carbocycles. The monoisotopic (exact) mass is 184 g/mol. The Bertz CT molecular complexity index is 153. The Morgan fingerprint density at radius 2 is 2.08 bits per heavy atom. The molecule has 76 valence electrons. The van der Waals surface area contributed by atoms with Crippen molar-refractivity contribution < 1.29 is 4.79 Å². The van der Waals surface area contributed by atoms with Gasteiger partial charge in [-0.3, -0.25) is 4.79 Å². The molecule has 0 atom stereocenters. The molecule has 1 amide bonds. The summed E-state index contributed by atoms with van der Waals surface area (Å²) in [5, 5.41) is 0. The fourth-order valence-corrected chi connectivity index (χ4v) is 1.79. The molecule has 0 unspecified atom stereocenters. The lowest BCUT2D eigenvalue weighted by Crippen LogP contribution is -2.31. The second-order valence-electron chi connectivity index (χ2n) is 4.12. The van der Waals surface area contributed by atoms with E-state index in [4.69, 9.17) is 0 Å². The quantitative estimate of drug-likeness (QED) is 0.604. The Balaban J connectivity index is 2.12. The third-order valence-corrected chi connectivity index (χ3v) is 2.91. The number of rotatable bonds is 4. The van der Waals surface area contributed by atoms with Gasteiger partial charge >= 0.3 is 0 Å². The van der Waals surface area contributed by atoms with E-state index in [1.54, 1.807) is 4.90 Å². The molecule has 1 heterocycles. The van der Waals surface area contributed by atoms with Gasteiger partial charge in [0.1, 0.15) is 0 Å². The second kappa shape index (κ2) is 5.22. The van der Waals surface area contributed by atoms with E-state index in [1.165, 1.54) is 32.4 Å². The van der Waals surface area contributed by atoms with Crippen molar-refractivity contribution in [3.63, 3.8) is 0 Å². The zero-order chi connectivity index (χ0) is 9.68. The van der Waals surface area contributed by atoms with Crippen LogP contribution in [0.5, 0.6) is 0 Å². The lowest BCUT2D eigenvalue weighted by Gasteiger charge is -2.29. The number of hydrogen-bond donors (Lipinski definition) is 0. The van der Waals surface area contributed by atoms with Crippen LogP contribution >= 0.6 is 0 Å². The summed E-state index contributed by atoms with van der Waals surface area (Å²) in [6, 6.07) is 0. The van der Waals surface area contributed by atoms with E-state index in [0.717, 1.165) is 18.9 Å². The minimum absolute atomic E-state index is 0.832. The van der Waals surface area contributed by atoms with Crippen LogP contribution in [-0.4, -0.2) is 49.9 Å². The van der Waals surface area contributed by atoms with E-state index >= 15 is 0 Å². The highest BCUT2D eigenvalue weighted by Gasteiger charge is 2.16. The zero-order valence-electron chi connectivity index (χ0n) is 8.70. The molecule has 1 saturated heterocycles. The molecule has 1 rings (SSSR count). The second-order valence-corrected chi connectivity index (χ2v) is 4.12. The van der Waals surface area contributed by atoms with E-state index in [9.17, 15) is 4.79 Å². The number of likely N-dealkylation sites (tertiary alicyclic amines) is 1. The van der Waals surface area contributed by atoms with Crippen molar-refractivity contribution in [2.75, 3.05) is 33.7 Å². The zero-order valence-corrected chi connectivity index (χ0v) is 8.70. The molecule has 0 saturated carbocycles. The Labute approximate surface area is 80.7 Å². The van der Waals surface area contributed by atoms with Crippen LogP contribution in [0, 0.1) is 5.92 Å². The first kappa shape index (κ1) is 10.5. The summed E-state index contributed by atoms with van der Waals surface area (Å²) >= 11 is 0. The van der Waals surface area contributed by atoms with Crippen molar-refractivity contribution in [1.29, 1.82) is 0 Å². The van der Waals surface area contributed by atoms with Gasteiger partial charge in [-0.05, 0) is 45.3 Å². The molecule has 0 bridgehead atoms. The first-order valence-corrected chi connectivity index (χ1v) is 5.06. The van der Waals surface area contributed by atoms with Crippen LogP contribution in [0.2, 0.25) is 0 Å². The molecule has 3 heteroatoms. The highest BCUT2D eigenvalue weighted by molar-refractivity contribution is 5.46. The minimum atomic E-state index is 0.832. The fourth-order valence-electron chi connectivity index (χ4n) is 1.79. The van der Waals surface area contributed by atoms with Gasteiger partial charge < -0.3 is 9.80 Å². The molecular weight excluding hydrogens is 164 g/mol. The van der Waals surface area contributed by atoms with Crippen molar-refractivity contribution >= 4 is 6.41 Å². The van der Waals surface area contributed by atoms with Crippen LogP contribution in [0.4, 0.5) is 0 Å². The summed E-state index contributed by atoms with van der Waals surface area (Å²) in [6.07, 6.45) is 4.67. The lowest BCUT2D eigenvalue weighted by molar-refractivity contribution is -0.117. The topological polar surface area (TPSA) is 23.6 Å². The van der Waals surface area contributed by atoms with Crippen LogP contribution in [0.15, 0.2) is 0 Å². The number of hydrogen-bond acceptors (Lipinski definition) is 2. The average Bonchev–Trinajstić information content (AvgIpc) is 2.16. The molecule has 0 N–H and O–H groups in total. The van der Waals surface area contributed by atoms with E-state index in [1.807, 2.05) is 7.05 Å². The first-order chi connectivity index (χ1) is 6.22. The summed E-state index contributed by atoms with van der Waals surface area (Å²) in [7, 11) is 4.02. The minimum Gasteiger partial charge on any atom is -0.348 e. The van der Waals surface area contributed by atoms with E-state index < -0.39 is 0 Å². The molecule has 1 aliphatic rings. The summed E-state index contributed by atoms with van der Waals surface area (Å²) in [4.78, 5) is 14.5. The van der Waals surface area contributed by atoms with E-state index in [2.05, 4.69) is 11.9 Å². The van der Waals surface area contributed by atoms with Crippen LogP contribution in [0.3, 0.4) is 0 Å². The molecule has 0 spiro atoms. The van der Waals surface area contributed by atoms with Crippen LogP contribution in [0.1, 0.15) is 19.3 Å². The highest BCUT2D eigenvalue weighted by Crippen LogP contribution is 2.19. The fraction of sp³-hybridized carbons (Fsp3) is 0.900. The van der Waals surface area contributed by atoms with Crippen molar-refractivity contribution in [2.24, 2.45) is 5.92 Å². The molecule has 1 aliphatic heterocycles. The summed E-state index contributed by atoms with van der Waals surface area (Å²) in [5.74, 6) is 0.832. The van der Waals surface area contributed by atoms with Crippen LogP contribution in [-0.2, 0) is 4.79 Å². The van der Waals surface area contributed by atoms with Crippen LogP contribution < -0.4 is 0 Å². The number of amides is 1. The molecule has 13 heavy (non-hydrogen) atoms. The van der Waals surface area contributed by atoms with E-state index in [-0.39, 0.29) is 0 Å². The Hall–Kier alpha value is -0.570. The molecular formula is C10H20N2O. The van der Waals surface area contributed by atoms with Crippen molar-refractivity contribution in [3.05, 3.63) is 0 Å². The predicted octanol–water partition coefficient (Wildman–Crippen LogP) is 0.806. The summed E-state index contributed by atoms with van der Waals surface area (Å²) < 4.78 is 0. The van der Waals surface area contributed by atoms with Gasteiger partial charge in [-0.2, -0.15) is 0 Å². The largest absolute Gasteiger partial charge is 0.348 e. The number of nitrogens with zero attached hydrogens (tertiary/aromatic N) is 2. The smallest absolute Gasteiger partial charge is 0.209 e. The molecule has 0 aromatic rings. The van der Waals surface area contributed by atoms with Gasteiger partial charge in [-0.25, -0.2) is 0 Å². The maximum atomic E-state index is 10.3. The summed E-state index contributed by atoms with van der Waals surface area (Å²) in [6.45, 7) is 3.35.